The molecule has 0 aliphatic carbocycles. The summed E-state index contributed by atoms with van der Waals surface area (Å²) in [5.41, 5.74) is 4.97. The molecule has 1 saturated heterocycles. The van der Waals surface area contributed by atoms with Gasteiger partial charge in [0.05, 0.1) is 15.4 Å². The van der Waals surface area contributed by atoms with Gasteiger partial charge < -0.3 is 15.0 Å². The van der Waals surface area contributed by atoms with Crippen molar-refractivity contribution < 1.29 is 17.5 Å². The summed E-state index contributed by atoms with van der Waals surface area (Å²) in [6, 6.07) is 26.6. The van der Waals surface area contributed by atoms with Gasteiger partial charge in [0.15, 0.2) is 0 Å². The summed E-state index contributed by atoms with van der Waals surface area (Å²) in [5.74, 6) is 0.191. The van der Waals surface area contributed by atoms with Crippen LogP contribution in [0.1, 0.15) is 5.56 Å². The number of anilines is 2. The van der Waals surface area contributed by atoms with Gasteiger partial charge in [-0.2, -0.15) is 4.31 Å². The number of piperazine rings is 1. The summed E-state index contributed by atoms with van der Waals surface area (Å²) in [4.78, 5) is 6.99. The van der Waals surface area contributed by atoms with Gasteiger partial charge in [-0.15, -0.1) is 0 Å². The quantitative estimate of drug-likeness (QED) is 0.203. The van der Waals surface area contributed by atoms with E-state index in [1.165, 1.54) is 12.1 Å². The van der Waals surface area contributed by atoms with E-state index in [0.29, 0.717) is 34.3 Å². The molecule has 0 atom stereocenters. The molecule has 6 rings (SSSR count). The molecular formula is C33H30ClFN4O3S. The maximum absolute atomic E-state index is 13.5. The number of ether oxygens (including phenoxy) is 1. The molecule has 7 nitrogen and oxygen atoms in total. The predicted molar refractivity (Wildman–Crippen MR) is 169 cm³/mol. The van der Waals surface area contributed by atoms with E-state index in [4.69, 9.17) is 16.3 Å². The number of sulfonamides is 1. The topological polar surface area (TPSA) is 74.8 Å². The van der Waals surface area contributed by atoms with E-state index < -0.39 is 10.0 Å². The molecule has 2 heterocycles. The molecule has 5 aromatic rings. The number of likely N-dealkylation sites (N-methyl/N-ethyl adjacent to an activating group) is 1. The van der Waals surface area contributed by atoms with Gasteiger partial charge >= 0.3 is 0 Å². The average molecular weight is 617 g/mol. The lowest BCUT2D eigenvalue weighted by Gasteiger charge is -2.31. The molecule has 1 aliphatic heterocycles. The van der Waals surface area contributed by atoms with Crippen LogP contribution in [-0.2, 0) is 16.6 Å². The number of hydrogen-bond donors (Lipinski definition) is 1. The Morgan fingerprint density at radius 1 is 0.907 bits per heavy atom. The van der Waals surface area contributed by atoms with Crippen molar-refractivity contribution in [2.24, 2.45) is 0 Å². The van der Waals surface area contributed by atoms with Gasteiger partial charge in [-0.05, 0) is 78.3 Å². The van der Waals surface area contributed by atoms with Crippen molar-refractivity contribution in [2.45, 2.75) is 11.5 Å². The number of benzene rings is 4. The lowest BCUT2D eigenvalue weighted by Crippen LogP contribution is -2.46. The van der Waals surface area contributed by atoms with Crippen LogP contribution in [-0.4, -0.2) is 55.8 Å². The van der Waals surface area contributed by atoms with E-state index in [-0.39, 0.29) is 12.4 Å². The highest BCUT2D eigenvalue weighted by molar-refractivity contribution is 7.89. The van der Waals surface area contributed by atoms with Crippen LogP contribution in [0.25, 0.3) is 22.0 Å². The Morgan fingerprint density at radius 2 is 1.67 bits per heavy atom. The third-order valence-electron chi connectivity index (χ3n) is 7.52. The molecule has 0 amide bonds. The fourth-order valence-corrected chi connectivity index (χ4v) is 6.73. The first-order valence-electron chi connectivity index (χ1n) is 13.9. The summed E-state index contributed by atoms with van der Waals surface area (Å²) < 4.78 is 47.0. The Balaban J connectivity index is 1.17. The van der Waals surface area contributed by atoms with Crippen molar-refractivity contribution in [2.75, 3.05) is 38.5 Å². The molecule has 0 spiro atoms. The van der Waals surface area contributed by atoms with Gasteiger partial charge in [0, 0.05) is 49.1 Å². The molecule has 10 heteroatoms. The molecule has 220 valence electrons. The number of fused-ring (bicyclic) bond motifs is 1. The van der Waals surface area contributed by atoms with Crippen molar-refractivity contribution in [3.05, 3.63) is 114 Å². The van der Waals surface area contributed by atoms with Crippen LogP contribution in [0.5, 0.6) is 5.75 Å². The number of nitrogens with zero attached hydrogens (tertiary/aromatic N) is 3. The molecule has 0 saturated carbocycles. The first-order chi connectivity index (χ1) is 20.8. The molecule has 0 unspecified atom stereocenters. The highest BCUT2D eigenvalue weighted by Gasteiger charge is 2.27. The van der Waals surface area contributed by atoms with Crippen molar-refractivity contribution >= 4 is 43.9 Å². The number of aromatic nitrogens is 1. The average Bonchev–Trinajstić information content (AvgIpc) is 3.01. The van der Waals surface area contributed by atoms with Crippen molar-refractivity contribution in [3.63, 3.8) is 0 Å². The SMILES string of the molecule is CN1CCN(S(=O)(=O)c2ccc(-c3ccc4c(Nc5ccc(OCc6cccc(F)c6)c(Cl)c5)ccnc4c3)cc2)CC1. The molecule has 1 N–H and O–H groups in total. The molecule has 1 aromatic heterocycles. The molecule has 0 bridgehead atoms. The summed E-state index contributed by atoms with van der Waals surface area (Å²) in [7, 11) is -1.52. The summed E-state index contributed by atoms with van der Waals surface area (Å²) in [5, 5.41) is 4.76. The summed E-state index contributed by atoms with van der Waals surface area (Å²) >= 11 is 6.50. The van der Waals surface area contributed by atoms with E-state index >= 15 is 0 Å². The zero-order chi connectivity index (χ0) is 30.0. The Labute approximate surface area is 255 Å². The maximum Gasteiger partial charge on any atom is 0.243 e. The minimum Gasteiger partial charge on any atom is -0.487 e. The molecule has 4 aromatic carbocycles. The highest BCUT2D eigenvalue weighted by atomic mass is 35.5. The Morgan fingerprint density at radius 3 is 2.42 bits per heavy atom. The molecule has 0 radical (unpaired) electrons. The number of halogens is 2. The normalized spacial score (nSPS) is 14.6. The Hall–Kier alpha value is -4.02. The van der Waals surface area contributed by atoms with Crippen LogP contribution in [0, 0.1) is 5.82 Å². The lowest BCUT2D eigenvalue weighted by molar-refractivity contribution is 0.222. The molecular weight excluding hydrogens is 587 g/mol. The van der Waals surface area contributed by atoms with Crippen LogP contribution in [0.3, 0.4) is 0 Å². The lowest BCUT2D eigenvalue weighted by atomic mass is 10.0. The second kappa shape index (κ2) is 12.3. The van der Waals surface area contributed by atoms with Crippen LogP contribution in [0.15, 0.2) is 102 Å². The van der Waals surface area contributed by atoms with E-state index in [1.807, 2.05) is 49.5 Å². The largest absolute Gasteiger partial charge is 0.487 e. The Kier molecular flexibility index (Phi) is 8.32. The standard InChI is InChI=1S/C33H30ClFN4O3S/c1-38-15-17-39(18-16-38)43(40,41)28-9-5-24(6-10-28)25-7-11-29-31(13-14-36-32(29)20-25)37-27-8-12-33(30(34)21-27)42-22-23-3-2-4-26(35)19-23/h2-14,19-21H,15-18,22H2,1H3,(H,36,37). The van der Waals surface area contributed by atoms with E-state index in [2.05, 4.69) is 15.2 Å². The fourth-order valence-electron chi connectivity index (χ4n) is 5.07. The summed E-state index contributed by atoms with van der Waals surface area (Å²) in [6.07, 6.45) is 1.73. The third kappa shape index (κ3) is 6.50. The van der Waals surface area contributed by atoms with Gasteiger partial charge in [0.25, 0.3) is 0 Å². The van der Waals surface area contributed by atoms with Gasteiger partial charge in [0.1, 0.15) is 18.2 Å². The fraction of sp³-hybridized carbons (Fsp3) is 0.182. The van der Waals surface area contributed by atoms with Crippen LogP contribution < -0.4 is 10.1 Å². The first kappa shape index (κ1) is 29.1. The van der Waals surface area contributed by atoms with Gasteiger partial charge in [-0.1, -0.05) is 48.0 Å². The highest BCUT2D eigenvalue weighted by Crippen LogP contribution is 2.33. The van der Waals surface area contributed by atoms with Crippen molar-refractivity contribution in [1.82, 2.24) is 14.2 Å². The van der Waals surface area contributed by atoms with Crippen LogP contribution >= 0.6 is 11.6 Å². The van der Waals surface area contributed by atoms with Gasteiger partial charge in [-0.3, -0.25) is 4.98 Å². The smallest absolute Gasteiger partial charge is 0.243 e. The van der Waals surface area contributed by atoms with Crippen molar-refractivity contribution in [1.29, 1.82) is 0 Å². The van der Waals surface area contributed by atoms with Crippen LogP contribution in [0.2, 0.25) is 5.02 Å². The second-order valence-electron chi connectivity index (χ2n) is 10.5. The number of hydrogen-bond acceptors (Lipinski definition) is 6. The molecule has 43 heavy (non-hydrogen) atoms. The maximum atomic E-state index is 13.5. The number of nitrogens with one attached hydrogen (secondary N) is 1. The molecule has 1 aliphatic rings. The summed E-state index contributed by atoms with van der Waals surface area (Å²) in [6.45, 7) is 2.64. The van der Waals surface area contributed by atoms with Crippen molar-refractivity contribution in [3.8, 4) is 16.9 Å². The number of pyridine rings is 1. The minimum absolute atomic E-state index is 0.205. The monoisotopic (exact) mass is 616 g/mol. The van der Waals surface area contributed by atoms with E-state index in [9.17, 15) is 12.8 Å². The second-order valence-corrected chi connectivity index (χ2v) is 12.9. The predicted octanol–water partition coefficient (Wildman–Crippen LogP) is 6.95. The van der Waals surface area contributed by atoms with E-state index in [0.717, 1.165) is 46.5 Å². The van der Waals surface area contributed by atoms with Gasteiger partial charge in [-0.25, -0.2) is 12.8 Å². The van der Waals surface area contributed by atoms with Crippen LogP contribution in [0.4, 0.5) is 15.8 Å². The zero-order valence-electron chi connectivity index (χ0n) is 23.5. The van der Waals surface area contributed by atoms with Gasteiger partial charge in [0.2, 0.25) is 10.0 Å². The van der Waals surface area contributed by atoms with E-state index in [1.54, 1.807) is 46.9 Å². The molecule has 1 fully saturated rings. The Bertz CT molecular complexity index is 1880. The first-order valence-corrected chi connectivity index (χ1v) is 15.7. The third-order valence-corrected chi connectivity index (χ3v) is 9.73. The zero-order valence-corrected chi connectivity index (χ0v) is 25.1. The number of rotatable bonds is 8. The minimum atomic E-state index is -3.52.